The second kappa shape index (κ2) is 6.87. The third-order valence-electron chi connectivity index (χ3n) is 4.39. The Hall–Kier alpha value is -2.62. The smallest absolute Gasteiger partial charge is 0.336 e. The summed E-state index contributed by atoms with van der Waals surface area (Å²) in [6.07, 6.45) is 0.761. The van der Waals surface area contributed by atoms with Crippen LogP contribution in [0.15, 0.2) is 58.8 Å². The molecule has 0 radical (unpaired) electrons. The lowest BCUT2D eigenvalue weighted by Gasteiger charge is -2.28. The summed E-state index contributed by atoms with van der Waals surface area (Å²) >= 11 is 0. The molecule has 1 aliphatic rings. The maximum atomic E-state index is 12.6. The highest BCUT2D eigenvalue weighted by Gasteiger charge is 2.33. The van der Waals surface area contributed by atoms with Crippen LogP contribution in [0.3, 0.4) is 0 Å². The van der Waals surface area contributed by atoms with Crippen LogP contribution in [0, 0.1) is 0 Å². The number of hydrogen-bond donors (Lipinski definition) is 1. The van der Waals surface area contributed by atoms with Crippen molar-refractivity contribution in [2.75, 3.05) is 6.61 Å². The molecule has 1 heterocycles. The summed E-state index contributed by atoms with van der Waals surface area (Å²) in [5.74, 6) is -0.456. The van der Waals surface area contributed by atoms with E-state index in [9.17, 15) is 4.79 Å². The molecular weight excluding hydrogens is 300 g/mol. The Kier molecular flexibility index (Phi) is 4.65. The Morgan fingerprint density at radius 3 is 2.67 bits per heavy atom. The van der Waals surface area contributed by atoms with E-state index >= 15 is 0 Å². The second-order valence-corrected chi connectivity index (χ2v) is 5.83. The first-order valence-electron chi connectivity index (χ1n) is 8.35. The van der Waals surface area contributed by atoms with E-state index < -0.39 is 0 Å². The van der Waals surface area contributed by atoms with Crippen LogP contribution >= 0.6 is 0 Å². The fourth-order valence-electron chi connectivity index (χ4n) is 3.26. The van der Waals surface area contributed by atoms with Crippen molar-refractivity contribution >= 4 is 22.5 Å². The average molecular weight is 322 g/mol. The van der Waals surface area contributed by atoms with Gasteiger partial charge in [-0.15, -0.1) is 0 Å². The molecule has 0 aromatic heterocycles. The van der Waals surface area contributed by atoms with Gasteiger partial charge in [-0.05, 0) is 36.6 Å². The highest BCUT2D eigenvalue weighted by atomic mass is 16.5. The SMILES string of the molecule is CCOC(=O)C1=C(C)NN=C(CC)C1c1cccc2ccccc12. The highest BCUT2D eigenvalue weighted by molar-refractivity contribution is 6.07. The zero-order valence-electron chi connectivity index (χ0n) is 14.3. The summed E-state index contributed by atoms with van der Waals surface area (Å²) < 4.78 is 5.32. The van der Waals surface area contributed by atoms with Gasteiger partial charge in [-0.2, -0.15) is 5.10 Å². The summed E-state index contributed by atoms with van der Waals surface area (Å²) in [4.78, 5) is 12.6. The molecule has 2 aromatic carbocycles. The molecule has 0 saturated heterocycles. The minimum Gasteiger partial charge on any atom is -0.463 e. The van der Waals surface area contributed by atoms with Gasteiger partial charge >= 0.3 is 5.97 Å². The topological polar surface area (TPSA) is 50.7 Å². The van der Waals surface area contributed by atoms with Crippen molar-refractivity contribution in [1.82, 2.24) is 5.43 Å². The number of carbonyl (C=O) groups excluding carboxylic acids is 1. The third-order valence-corrected chi connectivity index (χ3v) is 4.39. The Balaban J connectivity index is 2.20. The number of carbonyl (C=O) groups is 1. The molecule has 124 valence electrons. The van der Waals surface area contributed by atoms with E-state index in [0.29, 0.717) is 12.2 Å². The zero-order chi connectivity index (χ0) is 17.1. The molecule has 0 fully saturated rings. The van der Waals surface area contributed by atoms with E-state index in [-0.39, 0.29) is 11.9 Å². The van der Waals surface area contributed by atoms with E-state index in [2.05, 4.69) is 41.7 Å². The Morgan fingerprint density at radius 2 is 1.92 bits per heavy atom. The lowest BCUT2D eigenvalue weighted by atomic mass is 9.81. The number of hydrogen-bond acceptors (Lipinski definition) is 4. The number of nitrogens with zero attached hydrogens (tertiary/aromatic N) is 1. The molecule has 0 aliphatic carbocycles. The Bertz CT molecular complexity index is 831. The van der Waals surface area contributed by atoms with Crippen LogP contribution in [-0.4, -0.2) is 18.3 Å². The number of hydrazone groups is 1. The van der Waals surface area contributed by atoms with Crippen LogP contribution in [0.4, 0.5) is 0 Å². The van der Waals surface area contributed by atoms with Crippen molar-refractivity contribution in [2.24, 2.45) is 5.10 Å². The van der Waals surface area contributed by atoms with Crippen LogP contribution < -0.4 is 5.43 Å². The standard InChI is InChI=1S/C20H22N2O2/c1-4-17-19(18(13(3)21-22-17)20(23)24-5-2)16-12-8-10-14-9-6-7-11-15(14)16/h6-12,19,21H,4-5H2,1-3H3. The van der Waals surface area contributed by atoms with Gasteiger partial charge < -0.3 is 4.74 Å². The van der Waals surface area contributed by atoms with Crippen LogP contribution in [0.5, 0.6) is 0 Å². The van der Waals surface area contributed by atoms with Crippen molar-refractivity contribution in [3.63, 3.8) is 0 Å². The van der Waals surface area contributed by atoms with Crippen LogP contribution in [0.1, 0.15) is 38.7 Å². The van der Waals surface area contributed by atoms with Gasteiger partial charge in [0.25, 0.3) is 0 Å². The van der Waals surface area contributed by atoms with Gasteiger partial charge in [0.05, 0.1) is 23.8 Å². The van der Waals surface area contributed by atoms with E-state index in [1.165, 1.54) is 0 Å². The summed E-state index contributed by atoms with van der Waals surface area (Å²) in [5.41, 5.74) is 6.43. The number of rotatable bonds is 4. The molecule has 1 unspecified atom stereocenters. The molecule has 24 heavy (non-hydrogen) atoms. The molecule has 1 N–H and O–H groups in total. The lowest BCUT2D eigenvalue weighted by molar-refractivity contribution is -0.138. The summed E-state index contributed by atoms with van der Waals surface area (Å²) in [5, 5.41) is 6.79. The van der Waals surface area contributed by atoms with Gasteiger partial charge in [-0.3, -0.25) is 5.43 Å². The predicted molar refractivity (Wildman–Crippen MR) is 96.9 cm³/mol. The quantitative estimate of drug-likeness (QED) is 0.861. The monoisotopic (exact) mass is 322 g/mol. The molecule has 1 atom stereocenters. The lowest BCUT2D eigenvalue weighted by Crippen LogP contribution is -2.30. The molecule has 2 aromatic rings. The maximum Gasteiger partial charge on any atom is 0.336 e. The number of benzene rings is 2. The molecule has 0 spiro atoms. The minimum atomic E-state index is -0.277. The molecule has 0 saturated carbocycles. The van der Waals surface area contributed by atoms with E-state index in [4.69, 9.17) is 4.74 Å². The second-order valence-electron chi connectivity index (χ2n) is 5.83. The number of fused-ring (bicyclic) bond motifs is 1. The van der Waals surface area contributed by atoms with Crippen molar-refractivity contribution in [1.29, 1.82) is 0 Å². The van der Waals surface area contributed by atoms with Gasteiger partial charge in [0, 0.05) is 5.70 Å². The Morgan fingerprint density at radius 1 is 1.17 bits per heavy atom. The van der Waals surface area contributed by atoms with E-state index in [1.807, 2.05) is 32.0 Å². The molecule has 4 nitrogen and oxygen atoms in total. The fourth-order valence-corrected chi connectivity index (χ4v) is 3.26. The van der Waals surface area contributed by atoms with E-state index in [1.54, 1.807) is 0 Å². The van der Waals surface area contributed by atoms with Crippen molar-refractivity contribution in [2.45, 2.75) is 33.1 Å². The average Bonchev–Trinajstić information content (AvgIpc) is 2.61. The van der Waals surface area contributed by atoms with Crippen molar-refractivity contribution < 1.29 is 9.53 Å². The first-order valence-corrected chi connectivity index (χ1v) is 8.35. The molecule has 1 aliphatic heterocycles. The number of ether oxygens (including phenoxy) is 1. The molecule has 0 bridgehead atoms. The van der Waals surface area contributed by atoms with Crippen LogP contribution in [-0.2, 0) is 9.53 Å². The van der Waals surface area contributed by atoms with Gasteiger partial charge in [0.2, 0.25) is 0 Å². The number of nitrogens with one attached hydrogen (secondary N) is 1. The van der Waals surface area contributed by atoms with Gasteiger partial charge in [0.15, 0.2) is 0 Å². The maximum absolute atomic E-state index is 12.6. The number of esters is 1. The van der Waals surface area contributed by atoms with Gasteiger partial charge in [-0.1, -0.05) is 49.4 Å². The molecule has 3 rings (SSSR count). The van der Waals surface area contributed by atoms with E-state index in [0.717, 1.165) is 34.2 Å². The van der Waals surface area contributed by atoms with Gasteiger partial charge in [-0.25, -0.2) is 4.79 Å². The highest BCUT2D eigenvalue weighted by Crippen LogP contribution is 2.36. The normalized spacial score (nSPS) is 17.5. The minimum absolute atomic E-state index is 0.179. The molecular formula is C20H22N2O2. The van der Waals surface area contributed by atoms with Gasteiger partial charge in [0.1, 0.15) is 0 Å². The van der Waals surface area contributed by atoms with Crippen molar-refractivity contribution in [3.8, 4) is 0 Å². The summed E-state index contributed by atoms with van der Waals surface area (Å²) in [6, 6.07) is 14.4. The Labute approximate surface area is 142 Å². The van der Waals surface area contributed by atoms with Crippen molar-refractivity contribution in [3.05, 3.63) is 59.3 Å². The molecule has 0 amide bonds. The third kappa shape index (κ3) is 2.80. The first-order chi connectivity index (χ1) is 11.7. The molecule has 4 heteroatoms. The van der Waals surface area contributed by atoms with Crippen LogP contribution in [0.25, 0.3) is 10.8 Å². The summed E-state index contributed by atoms with van der Waals surface area (Å²) in [6.45, 7) is 6.12. The predicted octanol–water partition coefficient (Wildman–Crippen LogP) is 4.13. The fraction of sp³-hybridized carbons (Fsp3) is 0.300. The van der Waals surface area contributed by atoms with Crippen LogP contribution in [0.2, 0.25) is 0 Å². The zero-order valence-corrected chi connectivity index (χ0v) is 14.3. The number of allylic oxidation sites excluding steroid dienone is 1. The largest absolute Gasteiger partial charge is 0.463 e. The first kappa shape index (κ1) is 16.2. The summed E-state index contributed by atoms with van der Waals surface area (Å²) in [7, 11) is 0.